The van der Waals surface area contributed by atoms with Crippen LogP contribution in [0.4, 0.5) is 0 Å². The van der Waals surface area contributed by atoms with Crippen LogP contribution in [-0.2, 0) is 33.2 Å². The van der Waals surface area contributed by atoms with E-state index in [9.17, 15) is 15.0 Å². The summed E-state index contributed by atoms with van der Waals surface area (Å²) in [5, 5.41) is 20.9. The summed E-state index contributed by atoms with van der Waals surface area (Å²) >= 11 is 0. The van der Waals surface area contributed by atoms with E-state index in [1.807, 2.05) is 13.8 Å². The molecule has 1 saturated carbocycles. The molecule has 0 unspecified atom stereocenters. The summed E-state index contributed by atoms with van der Waals surface area (Å²) in [5.41, 5.74) is 1.92. The lowest BCUT2D eigenvalue weighted by atomic mass is 9.55. The summed E-state index contributed by atoms with van der Waals surface area (Å²) in [4.78, 5) is 13.5. The predicted octanol–water partition coefficient (Wildman–Crippen LogP) is 2.59. The second-order valence-electron chi connectivity index (χ2n) is 12.1. The van der Waals surface area contributed by atoms with Crippen molar-refractivity contribution in [1.82, 2.24) is 0 Å². The molecule has 9 heteroatoms. The van der Waals surface area contributed by atoms with E-state index in [2.05, 4.69) is 19.1 Å². The minimum Gasteiger partial charge on any atom is -0.459 e. The van der Waals surface area contributed by atoms with Gasteiger partial charge in [-0.3, -0.25) is 4.79 Å². The van der Waals surface area contributed by atoms with Crippen LogP contribution in [0.25, 0.3) is 0 Å². The number of rotatable bonds is 3. The zero-order chi connectivity index (χ0) is 26.1. The van der Waals surface area contributed by atoms with E-state index in [1.54, 1.807) is 7.11 Å². The monoisotopic (exact) mass is 520 g/mol. The third-order valence-corrected chi connectivity index (χ3v) is 10.0. The number of methoxy groups -OCH3 is 1. The molecule has 37 heavy (non-hydrogen) atoms. The van der Waals surface area contributed by atoms with Gasteiger partial charge >= 0.3 is 5.97 Å². The van der Waals surface area contributed by atoms with Crippen LogP contribution < -0.4 is 0 Å². The second-order valence-corrected chi connectivity index (χ2v) is 12.1. The van der Waals surface area contributed by atoms with Crippen LogP contribution in [0.1, 0.15) is 59.3 Å². The van der Waals surface area contributed by atoms with Crippen molar-refractivity contribution in [3.63, 3.8) is 0 Å². The summed E-state index contributed by atoms with van der Waals surface area (Å²) < 4.78 is 35.4. The smallest absolute Gasteiger partial charge is 0.309 e. The van der Waals surface area contributed by atoms with E-state index >= 15 is 0 Å². The third-order valence-electron chi connectivity index (χ3n) is 10.0. The van der Waals surface area contributed by atoms with Gasteiger partial charge in [0, 0.05) is 13.5 Å². The average Bonchev–Trinajstić information content (AvgIpc) is 3.31. The standard InChI is InChI=1S/C28H40O9/c1-14-24(29)20(32-4)12-22(34-14)35-16-9-10-27(2)15(11-16)5-6-17-19(27)8-7-18-23-21(36-25(17)30)13-33-28(23,3)37-26(18)31/h5,7,14,16-17,19-24,26,29,31H,6,8-13H2,1-4H3/b18-7+/t14-,16+,17-,19+,20-,21+,22+,23-,24-,26-,27+,28-/m1/s1. The van der Waals surface area contributed by atoms with Crippen molar-refractivity contribution < 1.29 is 43.4 Å². The van der Waals surface area contributed by atoms with E-state index in [4.69, 9.17) is 28.4 Å². The highest BCUT2D eigenvalue weighted by molar-refractivity contribution is 5.74. The van der Waals surface area contributed by atoms with Gasteiger partial charge in [0.25, 0.3) is 0 Å². The van der Waals surface area contributed by atoms with Crippen LogP contribution in [0.15, 0.2) is 23.3 Å². The van der Waals surface area contributed by atoms with Gasteiger partial charge in [0.05, 0.1) is 36.8 Å². The van der Waals surface area contributed by atoms with Gasteiger partial charge in [-0.05, 0) is 62.9 Å². The molecule has 0 bridgehead atoms. The van der Waals surface area contributed by atoms with Crippen molar-refractivity contribution in [2.45, 2.75) is 108 Å². The number of hydrogen-bond donors (Lipinski definition) is 2. The minimum atomic E-state index is -1.05. The third kappa shape index (κ3) is 4.22. The summed E-state index contributed by atoms with van der Waals surface area (Å²) in [6.07, 6.45) is 5.39. The number of ether oxygens (including phenoxy) is 6. The minimum absolute atomic E-state index is 0.00438. The lowest BCUT2D eigenvalue weighted by Crippen LogP contribution is -2.50. The van der Waals surface area contributed by atoms with Gasteiger partial charge in [-0.25, -0.2) is 0 Å². The number of allylic oxidation sites excluding steroid dienone is 2. The Labute approximate surface area is 218 Å². The molecule has 4 heterocycles. The quantitative estimate of drug-likeness (QED) is 0.428. The maximum absolute atomic E-state index is 13.5. The van der Waals surface area contributed by atoms with E-state index < -0.39 is 30.6 Å². The van der Waals surface area contributed by atoms with Crippen molar-refractivity contribution in [2.75, 3.05) is 13.7 Å². The topological polar surface area (TPSA) is 113 Å². The molecule has 2 aliphatic carbocycles. The zero-order valence-corrected chi connectivity index (χ0v) is 22.1. The van der Waals surface area contributed by atoms with Crippen LogP contribution in [0, 0.1) is 23.2 Å². The Morgan fingerprint density at radius 3 is 2.76 bits per heavy atom. The molecule has 0 aromatic rings. The van der Waals surface area contributed by atoms with Crippen LogP contribution in [-0.4, -0.2) is 78.8 Å². The molecule has 206 valence electrons. The number of aliphatic hydroxyl groups is 2. The molecular formula is C28H40O9. The number of aliphatic hydroxyl groups excluding tert-OH is 2. The molecule has 0 radical (unpaired) electrons. The highest BCUT2D eigenvalue weighted by Crippen LogP contribution is 2.56. The van der Waals surface area contributed by atoms with Gasteiger partial charge in [-0.1, -0.05) is 24.6 Å². The van der Waals surface area contributed by atoms with E-state index in [0.29, 0.717) is 19.3 Å². The Kier molecular flexibility index (Phi) is 6.58. The Balaban J connectivity index is 1.21. The zero-order valence-electron chi connectivity index (χ0n) is 22.1. The van der Waals surface area contributed by atoms with Crippen molar-refractivity contribution in [1.29, 1.82) is 0 Å². The van der Waals surface area contributed by atoms with Crippen LogP contribution >= 0.6 is 0 Å². The van der Waals surface area contributed by atoms with E-state index in [0.717, 1.165) is 24.8 Å². The molecule has 0 aromatic carbocycles. The Morgan fingerprint density at radius 1 is 1.16 bits per heavy atom. The van der Waals surface area contributed by atoms with E-state index in [1.165, 1.54) is 5.57 Å². The maximum Gasteiger partial charge on any atom is 0.309 e. The number of hydrogen-bond acceptors (Lipinski definition) is 9. The van der Waals surface area contributed by atoms with Crippen LogP contribution in [0.2, 0.25) is 0 Å². The largest absolute Gasteiger partial charge is 0.459 e. The van der Waals surface area contributed by atoms with Crippen molar-refractivity contribution in [3.8, 4) is 0 Å². The Bertz CT molecular complexity index is 979. The predicted molar refractivity (Wildman–Crippen MR) is 130 cm³/mol. The number of carbonyl (C=O) groups excluding carboxylic acids is 1. The van der Waals surface area contributed by atoms with Gasteiger partial charge in [-0.15, -0.1) is 0 Å². The maximum atomic E-state index is 13.5. The number of carbonyl (C=O) groups is 1. The molecule has 4 fully saturated rings. The molecule has 6 aliphatic rings. The second kappa shape index (κ2) is 9.40. The summed E-state index contributed by atoms with van der Waals surface area (Å²) in [6, 6.07) is 0. The fraction of sp³-hybridized carbons (Fsp3) is 0.821. The van der Waals surface area contributed by atoms with Gasteiger partial charge in [-0.2, -0.15) is 0 Å². The first-order chi connectivity index (χ1) is 17.6. The van der Waals surface area contributed by atoms with Crippen molar-refractivity contribution in [3.05, 3.63) is 23.3 Å². The fourth-order valence-electron chi connectivity index (χ4n) is 7.83. The summed E-state index contributed by atoms with van der Waals surface area (Å²) in [6.45, 7) is 6.19. The summed E-state index contributed by atoms with van der Waals surface area (Å²) in [7, 11) is 1.60. The fourth-order valence-corrected chi connectivity index (χ4v) is 7.83. The highest BCUT2D eigenvalue weighted by atomic mass is 16.8. The molecule has 12 atom stereocenters. The molecule has 9 nitrogen and oxygen atoms in total. The Hall–Kier alpha value is -1.33. The Morgan fingerprint density at radius 2 is 1.97 bits per heavy atom. The summed E-state index contributed by atoms with van der Waals surface area (Å²) in [5.74, 6) is -1.61. The molecule has 4 aliphatic heterocycles. The molecule has 3 saturated heterocycles. The normalized spacial score (nSPS) is 52.9. The molecular weight excluding hydrogens is 480 g/mol. The SMILES string of the molecule is CO[C@@H]1C[C@H](O[C@H]2CC[C@@]3(C)C(=CC[C@H]4C(=O)O[C@H]5CO[C@]6(C)O[C@@H](O)/C(=C/C[C@@H]43)[C@H]56)C2)O[C@H](C)[C@H]1O. The first kappa shape index (κ1) is 25.9. The first-order valence-electron chi connectivity index (χ1n) is 13.7. The number of fused-ring (bicyclic) bond motifs is 3. The van der Waals surface area contributed by atoms with Gasteiger partial charge in [0.2, 0.25) is 0 Å². The van der Waals surface area contributed by atoms with Crippen molar-refractivity contribution >= 4 is 5.97 Å². The van der Waals surface area contributed by atoms with Gasteiger partial charge in [0.15, 0.2) is 18.4 Å². The molecule has 6 rings (SSSR count). The van der Waals surface area contributed by atoms with Crippen LogP contribution in [0.3, 0.4) is 0 Å². The van der Waals surface area contributed by atoms with Crippen LogP contribution in [0.5, 0.6) is 0 Å². The lowest BCUT2D eigenvalue weighted by Gasteiger charge is -2.50. The first-order valence-corrected chi connectivity index (χ1v) is 13.7. The highest BCUT2D eigenvalue weighted by Gasteiger charge is 2.60. The molecule has 0 spiro atoms. The molecule has 0 amide bonds. The van der Waals surface area contributed by atoms with Gasteiger partial charge < -0.3 is 38.6 Å². The van der Waals surface area contributed by atoms with Crippen molar-refractivity contribution in [2.24, 2.45) is 23.2 Å². The molecule has 0 aromatic heterocycles. The molecule has 2 N–H and O–H groups in total. The van der Waals surface area contributed by atoms with Gasteiger partial charge in [0.1, 0.15) is 12.2 Å². The average molecular weight is 521 g/mol. The lowest BCUT2D eigenvalue weighted by molar-refractivity contribution is -0.265. The number of esters is 1. The van der Waals surface area contributed by atoms with E-state index in [-0.39, 0.29) is 54.1 Å².